The smallest absolute Gasteiger partial charge is 0.241 e. The zero-order valence-electron chi connectivity index (χ0n) is 15.0. The standard InChI is InChI=1S/C21H23N3O2/c1-2-25-18-12-10-16(11-13-18)19-9-6-14-24(19)15-20-22-21(23-26-20)17-7-4-3-5-8-17/h3-5,7-8,10-13,19H,2,6,9,14-15H2,1H3. The Kier molecular flexibility index (Phi) is 4.97. The Morgan fingerprint density at radius 2 is 1.92 bits per heavy atom. The fourth-order valence-corrected chi connectivity index (χ4v) is 3.54. The maximum atomic E-state index is 5.54. The molecule has 0 radical (unpaired) electrons. The lowest BCUT2D eigenvalue weighted by molar-refractivity contribution is 0.212. The highest BCUT2D eigenvalue weighted by atomic mass is 16.5. The molecule has 134 valence electrons. The highest BCUT2D eigenvalue weighted by Crippen LogP contribution is 2.33. The van der Waals surface area contributed by atoms with Gasteiger partial charge in [0.05, 0.1) is 13.2 Å². The fraction of sp³-hybridized carbons (Fsp3) is 0.333. The van der Waals surface area contributed by atoms with E-state index in [1.807, 2.05) is 37.3 Å². The summed E-state index contributed by atoms with van der Waals surface area (Å²) in [6.07, 6.45) is 2.32. The number of benzene rings is 2. The predicted octanol–water partition coefficient (Wildman–Crippen LogP) is 4.47. The van der Waals surface area contributed by atoms with E-state index >= 15 is 0 Å². The van der Waals surface area contributed by atoms with Crippen LogP contribution < -0.4 is 4.74 Å². The molecule has 0 bridgehead atoms. The van der Waals surface area contributed by atoms with Crippen LogP contribution in [-0.4, -0.2) is 28.2 Å². The number of hydrogen-bond donors (Lipinski definition) is 0. The van der Waals surface area contributed by atoms with Crippen LogP contribution in [0.25, 0.3) is 11.4 Å². The van der Waals surface area contributed by atoms with Crippen LogP contribution in [-0.2, 0) is 6.54 Å². The van der Waals surface area contributed by atoms with Gasteiger partial charge in [0.25, 0.3) is 0 Å². The van der Waals surface area contributed by atoms with E-state index in [1.165, 1.54) is 12.0 Å². The van der Waals surface area contributed by atoms with E-state index in [1.54, 1.807) is 0 Å². The van der Waals surface area contributed by atoms with Gasteiger partial charge < -0.3 is 9.26 Å². The van der Waals surface area contributed by atoms with Gasteiger partial charge in [-0.1, -0.05) is 47.6 Å². The van der Waals surface area contributed by atoms with Crippen molar-refractivity contribution in [1.29, 1.82) is 0 Å². The van der Waals surface area contributed by atoms with Gasteiger partial charge in [-0.05, 0) is 44.0 Å². The predicted molar refractivity (Wildman–Crippen MR) is 99.7 cm³/mol. The van der Waals surface area contributed by atoms with Crippen LogP contribution in [0, 0.1) is 0 Å². The van der Waals surface area contributed by atoms with Crippen molar-refractivity contribution in [3.05, 3.63) is 66.1 Å². The first-order valence-corrected chi connectivity index (χ1v) is 9.18. The molecule has 0 aliphatic carbocycles. The monoisotopic (exact) mass is 349 g/mol. The molecule has 0 spiro atoms. The summed E-state index contributed by atoms with van der Waals surface area (Å²) in [5, 5.41) is 4.13. The molecular weight excluding hydrogens is 326 g/mol. The minimum Gasteiger partial charge on any atom is -0.494 e. The summed E-state index contributed by atoms with van der Waals surface area (Å²) >= 11 is 0. The molecule has 1 unspecified atom stereocenters. The summed E-state index contributed by atoms with van der Waals surface area (Å²) in [5.74, 6) is 2.24. The number of hydrogen-bond acceptors (Lipinski definition) is 5. The van der Waals surface area contributed by atoms with Crippen molar-refractivity contribution in [1.82, 2.24) is 15.0 Å². The van der Waals surface area contributed by atoms with E-state index in [4.69, 9.17) is 9.26 Å². The number of ether oxygens (including phenoxy) is 1. The summed E-state index contributed by atoms with van der Waals surface area (Å²) in [5.41, 5.74) is 2.29. The molecular formula is C21H23N3O2. The fourth-order valence-electron chi connectivity index (χ4n) is 3.54. The molecule has 0 saturated carbocycles. The third-order valence-corrected chi connectivity index (χ3v) is 4.78. The van der Waals surface area contributed by atoms with Crippen LogP contribution in [0.15, 0.2) is 59.1 Å². The number of likely N-dealkylation sites (tertiary alicyclic amines) is 1. The number of nitrogens with zero attached hydrogens (tertiary/aromatic N) is 3. The first-order chi connectivity index (χ1) is 12.8. The number of aromatic nitrogens is 2. The highest BCUT2D eigenvalue weighted by molar-refractivity contribution is 5.53. The maximum absolute atomic E-state index is 5.54. The average molecular weight is 349 g/mol. The minimum atomic E-state index is 0.387. The van der Waals surface area contributed by atoms with E-state index in [-0.39, 0.29) is 0 Å². The lowest BCUT2D eigenvalue weighted by atomic mass is 10.0. The average Bonchev–Trinajstić information content (AvgIpc) is 3.34. The van der Waals surface area contributed by atoms with Gasteiger partial charge in [-0.15, -0.1) is 0 Å². The Hall–Kier alpha value is -2.66. The molecule has 2 aromatic carbocycles. The quantitative estimate of drug-likeness (QED) is 0.657. The molecule has 26 heavy (non-hydrogen) atoms. The Balaban J connectivity index is 1.46. The van der Waals surface area contributed by atoms with Crippen LogP contribution >= 0.6 is 0 Å². The van der Waals surface area contributed by atoms with Gasteiger partial charge in [0.1, 0.15) is 5.75 Å². The van der Waals surface area contributed by atoms with Crippen LogP contribution in [0.4, 0.5) is 0 Å². The van der Waals surface area contributed by atoms with Crippen molar-refractivity contribution in [2.75, 3.05) is 13.2 Å². The second-order valence-corrected chi connectivity index (χ2v) is 6.51. The molecule has 0 N–H and O–H groups in total. The molecule has 2 heterocycles. The van der Waals surface area contributed by atoms with E-state index in [0.29, 0.717) is 30.9 Å². The van der Waals surface area contributed by atoms with Gasteiger partial charge in [-0.3, -0.25) is 4.90 Å². The topological polar surface area (TPSA) is 51.4 Å². The zero-order chi connectivity index (χ0) is 17.8. The molecule has 0 amide bonds. The molecule has 5 heteroatoms. The normalized spacial score (nSPS) is 17.5. The third kappa shape index (κ3) is 3.63. The first kappa shape index (κ1) is 16.8. The van der Waals surface area contributed by atoms with Crippen LogP contribution in [0.5, 0.6) is 5.75 Å². The Morgan fingerprint density at radius 1 is 1.12 bits per heavy atom. The molecule has 3 aromatic rings. The molecule has 1 aliphatic heterocycles. The summed E-state index contributed by atoms with van der Waals surface area (Å²) in [6.45, 7) is 4.41. The zero-order valence-corrected chi connectivity index (χ0v) is 15.0. The largest absolute Gasteiger partial charge is 0.494 e. The van der Waals surface area contributed by atoms with Crippen LogP contribution in [0.1, 0.15) is 37.3 Å². The lowest BCUT2D eigenvalue weighted by Gasteiger charge is -2.23. The van der Waals surface area contributed by atoms with Gasteiger partial charge in [0.2, 0.25) is 11.7 Å². The molecule has 1 fully saturated rings. The SMILES string of the molecule is CCOc1ccc(C2CCCN2Cc2nc(-c3ccccc3)no2)cc1. The van der Waals surface area contributed by atoms with Gasteiger partial charge in [-0.2, -0.15) is 4.98 Å². The van der Waals surface area contributed by atoms with E-state index in [2.05, 4.69) is 39.3 Å². The van der Waals surface area contributed by atoms with Gasteiger partial charge in [-0.25, -0.2) is 0 Å². The summed E-state index contributed by atoms with van der Waals surface area (Å²) in [6, 6.07) is 18.7. The highest BCUT2D eigenvalue weighted by Gasteiger charge is 2.27. The van der Waals surface area contributed by atoms with Crippen molar-refractivity contribution in [3.8, 4) is 17.1 Å². The van der Waals surface area contributed by atoms with Crippen molar-refractivity contribution in [2.24, 2.45) is 0 Å². The van der Waals surface area contributed by atoms with E-state index in [9.17, 15) is 0 Å². The molecule has 1 atom stereocenters. The van der Waals surface area contributed by atoms with Crippen molar-refractivity contribution < 1.29 is 9.26 Å². The van der Waals surface area contributed by atoms with Crippen molar-refractivity contribution >= 4 is 0 Å². The second-order valence-electron chi connectivity index (χ2n) is 6.51. The van der Waals surface area contributed by atoms with Crippen molar-refractivity contribution in [3.63, 3.8) is 0 Å². The first-order valence-electron chi connectivity index (χ1n) is 9.18. The van der Waals surface area contributed by atoms with Gasteiger partial charge >= 0.3 is 0 Å². The van der Waals surface area contributed by atoms with Gasteiger partial charge in [0, 0.05) is 11.6 Å². The molecule has 1 aliphatic rings. The second kappa shape index (κ2) is 7.70. The molecule has 4 rings (SSSR count). The van der Waals surface area contributed by atoms with Gasteiger partial charge in [0.15, 0.2) is 0 Å². The maximum Gasteiger partial charge on any atom is 0.241 e. The molecule has 1 aromatic heterocycles. The molecule has 1 saturated heterocycles. The van der Waals surface area contributed by atoms with E-state index in [0.717, 1.165) is 24.3 Å². The number of rotatable bonds is 6. The summed E-state index contributed by atoms with van der Waals surface area (Å²) in [7, 11) is 0. The van der Waals surface area contributed by atoms with Crippen LogP contribution in [0.2, 0.25) is 0 Å². The van der Waals surface area contributed by atoms with Crippen LogP contribution in [0.3, 0.4) is 0 Å². The minimum absolute atomic E-state index is 0.387. The Morgan fingerprint density at radius 3 is 2.69 bits per heavy atom. The Labute approximate surface area is 153 Å². The summed E-state index contributed by atoms with van der Waals surface area (Å²) in [4.78, 5) is 6.99. The van der Waals surface area contributed by atoms with E-state index < -0.39 is 0 Å². The lowest BCUT2D eigenvalue weighted by Crippen LogP contribution is -2.22. The van der Waals surface area contributed by atoms with Crippen molar-refractivity contribution in [2.45, 2.75) is 32.4 Å². The Bertz CT molecular complexity index is 830. The third-order valence-electron chi connectivity index (χ3n) is 4.78. The summed E-state index contributed by atoms with van der Waals surface area (Å²) < 4.78 is 11.0. The molecule has 5 nitrogen and oxygen atoms in total.